The molecule has 0 bridgehead atoms. The molecule has 0 fully saturated rings. The first-order valence-corrected chi connectivity index (χ1v) is 9.83. The zero-order valence-electron chi connectivity index (χ0n) is 15.1. The highest BCUT2D eigenvalue weighted by atomic mass is 32.2. The van der Waals surface area contributed by atoms with Gasteiger partial charge in [-0.3, -0.25) is 4.79 Å². The molecule has 4 aromatic rings. The van der Waals surface area contributed by atoms with Crippen LogP contribution in [0.2, 0.25) is 0 Å². The van der Waals surface area contributed by atoms with E-state index in [4.69, 9.17) is 8.83 Å². The number of benzene rings is 1. The zero-order chi connectivity index (χ0) is 19.2. The van der Waals surface area contributed by atoms with E-state index in [0.717, 1.165) is 27.9 Å². The summed E-state index contributed by atoms with van der Waals surface area (Å²) in [5, 5.41) is 3.62. The summed E-state index contributed by atoms with van der Waals surface area (Å²) < 4.78 is 12.8. The largest absolute Gasteiger partial charge is 0.467 e. The lowest BCUT2D eigenvalue weighted by atomic mass is 10.2. The van der Waals surface area contributed by atoms with Crippen LogP contribution in [0.1, 0.15) is 11.5 Å². The monoisotopic (exact) mass is 393 g/mol. The molecule has 3 heterocycles. The standard InChI is InChI=1S/C21H19N3O3S/c25-20(22-12-17-8-4-10-26-17)15-28-21-23-13-19(16-6-2-1-3-7-16)24(21)14-18-9-5-11-27-18/h1-11,13H,12,14-15H2,(H,22,25). The summed E-state index contributed by atoms with van der Waals surface area (Å²) in [4.78, 5) is 16.7. The number of hydrogen-bond acceptors (Lipinski definition) is 5. The summed E-state index contributed by atoms with van der Waals surface area (Å²) in [6, 6.07) is 17.5. The van der Waals surface area contributed by atoms with E-state index in [0.29, 0.717) is 13.1 Å². The van der Waals surface area contributed by atoms with Gasteiger partial charge >= 0.3 is 0 Å². The van der Waals surface area contributed by atoms with Gasteiger partial charge in [-0.15, -0.1) is 0 Å². The minimum Gasteiger partial charge on any atom is -0.467 e. The highest BCUT2D eigenvalue weighted by Crippen LogP contribution is 2.27. The van der Waals surface area contributed by atoms with E-state index in [-0.39, 0.29) is 11.7 Å². The van der Waals surface area contributed by atoms with Crippen molar-refractivity contribution in [3.8, 4) is 11.3 Å². The maximum atomic E-state index is 12.2. The molecule has 4 rings (SSSR count). The summed E-state index contributed by atoms with van der Waals surface area (Å²) >= 11 is 1.40. The molecule has 28 heavy (non-hydrogen) atoms. The molecule has 0 aliphatic heterocycles. The van der Waals surface area contributed by atoms with E-state index in [1.807, 2.05) is 54.7 Å². The van der Waals surface area contributed by atoms with Crippen molar-refractivity contribution < 1.29 is 13.6 Å². The van der Waals surface area contributed by atoms with Crippen LogP contribution in [0.4, 0.5) is 0 Å². The molecule has 7 heteroatoms. The fourth-order valence-electron chi connectivity index (χ4n) is 2.80. The second kappa shape index (κ2) is 8.67. The van der Waals surface area contributed by atoms with E-state index in [1.165, 1.54) is 11.8 Å². The van der Waals surface area contributed by atoms with Crippen molar-refractivity contribution in [3.63, 3.8) is 0 Å². The van der Waals surface area contributed by atoms with Gasteiger partial charge in [0.25, 0.3) is 0 Å². The normalized spacial score (nSPS) is 10.9. The van der Waals surface area contributed by atoms with Gasteiger partial charge in [-0.2, -0.15) is 0 Å². The number of thioether (sulfide) groups is 1. The van der Waals surface area contributed by atoms with E-state index >= 15 is 0 Å². The Morgan fingerprint density at radius 3 is 2.46 bits per heavy atom. The molecule has 0 radical (unpaired) electrons. The number of rotatable bonds is 8. The highest BCUT2D eigenvalue weighted by molar-refractivity contribution is 7.99. The lowest BCUT2D eigenvalue weighted by Crippen LogP contribution is -2.24. The quantitative estimate of drug-likeness (QED) is 0.454. The van der Waals surface area contributed by atoms with Crippen LogP contribution < -0.4 is 5.32 Å². The summed E-state index contributed by atoms with van der Waals surface area (Å²) in [5.41, 5.74) is 2.05. The molecule has 1 aromatic carbocycles. The molecule has 1 N–H and O–H groups in total. The summed E-state index contributed by atoms with van der Waals surface area (Å²) in [6.45, 7) is 0.927. The van der Waals surface area contributed by atoms with Gasteiger partial charge < -0.3 is 18.7 Å². The average Bonchev–Trinajstić information content (AvgIpc) is 3.48. The Morgan fingerprint density at radius 1 is 1.00 bits per heavy atom. The predicted molar refractivity (Wildman–Crippen MR) is 107 cm³/mol. The molecule has 0 aliphatic rings. The SMILES string of the molecule is O=C(CSc1ncc(-c2ccccc2)n1Cc1ccco1)NCc1ccco1. The third kappa shape index (κ3) is 4.37. The molecule has 142 valence electrons. The maximum Gasteiger partial charge on any atom is 0.230 e. The Balaban J connectivity index is 1.48. The van der Waals surface area contributed by atoms with Crippen molar-refractivity contribution in [3.05, 3.63) is 84.8 Å². The van der Waals surface area contributed by atoms with Crippen LogP contribution in [0.5, 0.6) is 0 Å². The Morgan fingerprint density at radius 2 is 1.75 bits per heavy atom. The lowest BCUT2D eigenvalue weighted by Gasteiger charge is -2.10. The van der Waals surface area contributed by atoms with Gasteiger partial charge in [-0.05, 0) is 29.8 Å². The van der Waals surface area contributed by atoms with Gasteiger partial charge in [0.15, 0.2) is 5.16 Å². The van der Waals surface area contributed by atoms with Crippen LogP contribution in [0.25, 0.3) is 11.3 Å². The molecule has 0 aliphatic carbocycles. The minimum absolute atomic E-state index is 0.0739. The first kappa shape index (κ1) is 18.2. The second-order valence-electron chi connectivity index (χ2n) is 6.10. The van der Waals surface area contributed by atoms with Gasteiger partial charge in [-0.25, -0.2) is 4.98 Å². The lowest BCUT2D eigenvalue weighted by molar-refractivity contribution is -0.118. The van der Waals surface area contributed by atoms with Crippen molar-refractivity contribution >= 4 is 17.7 Å². The van der Waals surface area contributed by atoms with Gasteiger partial charge in [0, 0.05) is 0 Å². The van der Waals surface area contributed by atoms with Crippen LogP contribution in [0, 0.1) is 0 Å². The van der Waals surface area contributed by atoms with Gasteiger partial charge in [0.2, 0.25) is 5.91 Å². The Labute approximate surface area is 166 Å². The van der Waals surface area contributed by atoms with E-state index in [9.17, 15) is 4.79 Å². The van der Waals surface area contributed by atoms with Crippen molar-refractivity contribution in [2.45, 2.75) is 18.2 Å². The molecule has 0 saturated heterocycles. The Bertz CT molecular complexity index is 1010. The number of aromatic nitrogens is 2. The van der Waals surface area contributed by atoms with Gasteiger partial charge in [0.1, 0.15) is 11.5 Å². The Hall–Kier alpha value is -3.19. The molecule has 0 spiro atoms. The summed E-state index contributed by atoms with van der Waals surface area (Å²) in [5.74, 6) is 1.75. The topological polar surface area (TPSA) is 73.2 Å². The van der Waals surface area contributed by atoms with Crippen LogP contribution in [0.3, 0.4) is 0 Å². The number of amides is 1. The third-order valence-electron chi connectivity index (χ3n) is 4.15. The third-order valence-corrected chi connectivity index (χ3v) is 5.15. The van der Waals surface area contributed by atoms with Crippen LogP contribution in [-0.4, -0.2) is 21.2 Å². The molecule has 0 saturated carbocycles. The first-order valence-electron chi connectivity index (χ1n) is 8.85. The first-order chi connectivity index (χ1) is 13.8. The fraction of sp³-hybridized carbons (Fsp3) is 0.143. The molecule has 3 aromatic heterocycles. The maximum absolute atomic E-state index is 12.2. The number of imidazole rings is 1. The number of carbonyl (C=O) groups is 1. The average molecular weight is 393 g/mol. The summed E-state index contributed by atoms with van der Waals surface area (Å²) in [7, 11) is 0. The van der Waals surface area contributed by atoms with Gasteiger partial charge in [-0.1, -0.05) is 42.1 Å². The number of hydrogen-bond donors (Lipinski definition) is 1. The van der Waals surface area contributed by atoms with Crippen LogP contribution >= 0.6 is 11.8 Å². The molecule has 6 nitrogen and oxygen atoms in total. The predicted octanol–water partition coefficient (Wildman–Crippen LogP) is 4.19. The highest BCUT2D eigenvalue weighted by Gasteiger charge is 2.15. The second-order valence-corrected chi connectivity index (χ2v) is 7.04. The van der Waals surface area contributed by atoms with E-state index < -0.39 is 0 Å². The van der Waals surface area contributed by atoms with Crippen molar-refractivity contribution in [1.82, 2.24) is 14.9 Å². The Kier molecular flexibility index (Phi) is 5.63. The smallest absolute Gasteiger partial charge is 0.230 e. The summed E-state index contributed by atoms with van der Waals surface area (Å²) in [6.07, 6.45) is 5.08. The molecule has 0 atom stereocenters. The molecular weight excluding hydrogens is 374 g/mol. The van der Waals surface area contributed by atoms with Crippen LogP contribution in [0.15, 0.2) is 87.3 Å². The number of furan rings is 2. The number of nitrogens with one attached hydrogen (secondary N) is 1. The zero-order valence-corrected chi connectivity index (χ0v) is 15.9. The molecule has 1 amide bonds. The van der Waals surface area contributed by atoms with Gasteiger partial charge in [0.05, 0.1) is 43.3 Å². The number of nitrogens with zero attached hydrogens (tertiary/aromatic N) is 2. The molecular formula is C21H19N3O3S. The number of carbonyl (C=O) groups excluding carboxylic acids is 1. The minimum atomic E-state index is -0.0739. The fourth-order valence-corrected chi connectivity index (χ4v) is 3.61. The van der Waals surface area contributed by atoms with Crippen molar-refractivity contribution in [2.24, 2.45) is 0 Å². The van der Waals surface area contributed by atoms with Crippen molar-refractivity contribution in [1.29, 1.82) is 0 Å². The van der Waals surface area contributed by atoms with E-state index in [1.54, 1.807) is 18.6 Å². The van der Waals surface area contributed by atoms with Crippen molar-refractivity contribution in [2.75, 3.05) is 5.75 Å². The molecule has 0 unspecified atom stereocenters. The van der Waals surface area contributed by atoms with E-state index in [2.05, 4.69) is 14.9 Å². The van der Waals surface area contributed by atoms with Crippen LogP contribution in [-0.2, 0) is 17.9 Å².